The summed E-state index contributed by atoms with van der Waals surface area (Å²) in [5.41, 5.74) is 4.58. The van der Waals surface area contributed by atoms with Crippen LogP contribution in [0.3, 0.4) is 0 Å². The zero-order valence-electron chi connectivity index (χ0n) is 12.1. The van der Waals surface area contributed by atoms with E-state index in [1.807, 2.05) is 18.2 Å². The molecule has 2 aromatic rings. The molecule has 0 bridgehead atoms. The number of hydrogen-bond donors (Lipinski definition) is 0. The van der Waals surface area contributed by atoms with Crippen molar-refractivity contribution < 1.29 is 0 Å². The fourth-order valence-electron chi connectivity index (χ4n) is 2.01. The first-order valence-corrected chi connectivity index (χ1v) is 8.31. The van der Waals surface area contributed by atoms with Gasteiger partial charge in [0.05, 0.1) is 8.07 Å². The highest BCUT2D eigenvalue weighted by molar-refractivity contribution is 7.68. The van der Waals surface area contributed by atoms with Crippen molar-refractivity contribution in [3.05, 3.63) is 66.2 Å². The molecule has 0 fully saturated rings. The van der Waals surface area contributed by atoms with Gasteiger partial charge in [-0.2, -0.15) is 0 Å². The summed E-state index contributed by atoms with van der Waals surface area (Å²) in [4.78, 5) is 0. The molecule has 2 rings (SSSR count). The van der Waals surface area contributed by atoms with Gasteiger partial charge in [0.15, 0.2) is 0 Å². The molecule has 0 amide bonds. The van der Waals surface area contributed by atoms with Crippen LogP contribution in [0.4, 0.5) is 0 Å². The van der Waals surface area contributed by atoms with Crippen LogP contribution in [0.5, 0.6) is 0 Å². The van der Waals surface area contributed by atoms with E-state index in [9.17, 15) is 0 Å². The Labute approximate surface area is 123 Å². The zero-order chi connectivity index (χ0) is 14.2. The molecule has 0 aromatic heterocycles. The van der Waals surface area contributed by atoms with Crippen molar-refractivity contribution in [2.24, 2.45) is 0 Å². The summed E-state index contributed by atoms with van der Waals surface area (Å²) in [5, 5.41) is 1.33. The molecule has 0 aliphatic carbocycles. The quantitative estimate of drug-likeness (QED) is 0.603. The summed E-state index contributed by atoms with van der Waals surface area (Å²) in [7, 11) is -0.571. The summed E-state index contributed by atoms with van der Waals surface area (Å²) in [6, 6.07) is 20.8. The molecule has 1 unspecified atom stereocenters. The minimum absolute atomic E-state index is 0.571. The van der Waals surface area contributed by atoms with E-state index in [1.165, 1.54) is 5.30 Å². The summed E-state index contributed by atoms with van der Waals surface area (Å²) < 4.78 is 2.45. The van der Waals surface area contributed by atoms with Gasteiger partial charge in [-0.15, -0.1) is 0 Å². The van der Waals surface area contributed by atoms with Crippen LogP contribution < -0.4 is 5.30 Å². The van der Waals surface area contributed by atoms with Crippen LogP contribution in [-0.4, -0.2) is 17.8 Å². The van der Waals surface area contributed by atoms with Crippen molar-refractivity contribution in [3.8, 4) is 11.6 Å². The molecule has 2 heteroatoms. The second-order valence-electron chi connectivity index (χ2n) is 4.39. The Morgan fingerprint density at radius 2 is 1.40 bits per heavy atom. The number of rotatable bonds is 4. The highest BCUT2D eigenvalue weighted by Crippen LogP contribution is 2.37. The second-order valence-corrected chi connectivity index (χ2v) is 6.32. The van der Waals surface area contributed by atoms with Crippen LogP contribution in [0.25, 0.3) is 0 Å². The third kappa shape index (κ3) is 3.94. The Bertz CT molecular complexity index is 565. The van der Waals surface area contributed by atoms with Crippen LogP contribution in [-0.2, 0) is 0 Å². The molecule has 2 aromatic carbocycles. The first-order chi connectivity index (χ1) is 9.85. The molecule has 0 N–H and O–H groups in total. The highest BCUT2D eigenvalue weighted by atomic mass is 31.1. The second kappa shape index (κ2) is 7.85. The first-order valence-electron chi connectivity index (χ1n) is 7.02. The van der Waals surface area contributed by atoms with E-state index in [0.29, 0.717) is 0 Å². The van der Waals surface area contributed by atoms with Crippen LogP contribution in [0.1, 0.15) is 19.4 Å². The minimum atomic E-state index is -0.571. The first kappa shape index (κ1) is 14.8. The fraction of sp³-hybridized carbons (Fsp3) is 0.222. The van der Waals surface area contributed by atoms with Crippen LogP contribution in [0.2, 0.25) is 0 Å². The van der Waals surface area contributed by atoms with Crippen molar-refractivity contribution in [2.45, 2.75) is 13.8 Å². The molecule has 0 spiro atoms. The Morgan fingerprint density at radius 3 is 1.95 bits per heavy atom. The summed E-state index contributed by atoms with van der Waals surface area (Å²) in [5.74, 6) is 3.33. The van der Waals surface area contributed by atoms with E-state index < -0.39 is 8.07 Å². The number of nitrogens with zero attached hydrogens (tertiary/aromatic N) is 1. The minimum Gasteiger partial charge on any atom is -0.269 e. The largest absolute Gasteiger partial charge is 0.269 e. The van der Waals surface area contributed by atoms with E-state index in [-0.39, 0.29) is 0 Å². The van der Waals surface area contributed by atoms with Gasteiger partial charge in [-0.25, -0.2) is 0 Å². The van der Waals surface area contributed by atoms with Crippen molar-refractivity contribution in [3.63, 3.8) is 0 Å². The predicted octanol–water partition coefficient (Wildman–Crippen LogP) is 4.06. The van der Waals surface area contributed by atoms with E-state index in [0.717, 1.165) is 18.7 Å². The lowest BCUT2D eigenvalue weighted by Gasteiger charge is -2.25. The monoisotopic (exact) mass is 281 g/mol. The third-order valence-corrected chi connectivity index (χ3v) is 5.34. The normalized spacial score (nSPS) is 11.8. The maximum Gasteiger partial charge on any atom is 0.0765 e. The Kier molecular flexibility index (Phi) is 5.81. The van der Waals surface area contributed by atoms with Crippen molar-refractivity contribution >= 4 is 13.4 Å². The smallest absolute Gasteiger partial charge is 0.0765 e. The highest BCUT2D eigenvalue weighted by Gasteiger charge is 2.14. The fourth-order valence-corrected chi connectivity index (χ4v) is 3.87. The number of benzene rings is 2. The van der Waals surface area contributed by atoms with Gasteiger partial charge in [0.1, 0.15) is 0 Å². The Morgan fingerprint density at radius 1 is 0.850 bits per heavy atom. The molecule has 0 aliphatic rings. The van der Waals surface area contributed by atoms with E-state index in [1.54, 1.807) is 0 Å². The van der Waals surface area contributed by atoms with Gasteiger partial charge in [-0.05, 0) is 17.8 Å². The molecule has 0 aliphatic heterocycles. The standard InChI is InChI=1S/C18H20NP/c1-3-19(4-2)20(18-13-9-6-10-14-18)16-15-17-11-7-5-8-12-17/h5-14H,3-4H2,1-2H3. The average molecular weight is 281 g/mol. The lowest BCUT2D eigenvalue weighted by molar-refractivity contribution is 0.515. The molecular formula is C18H20NP. The third-order valence-electron chi connectivity index (χ3n) is 3.09. The molecule has 0 saturated carbocycles. The molecule has 0 radical (unpaired) electrons. The van der Waals surface area contributed by atoms with Gasteiger partial charge in [0, 0.05) is 24.0 Å². The van der Waals surface area contributed by atoms with Gasteiger partial charge in [0.2, 0.25) is 0 Å². The molecule has 1 atom stereocenters. The number of hydrogen-bond acceptors (Lipinski definition) is 1. The van der Waals surface area contributed by atoms with E-state index in [4.69, 9.17) is 0 Å². The molecular weight excluding hydrogens is 261 g/mol. The summed E-state index contributed by atoms with van der Waals surface area (Å²) in [6.07, 6.45) is 0. The summed E-state index contributed by atoms with van der Waals surface area (Å²) in [6.45, 7) is 6.46. The van der Waals surface area contributed by atoms with Crippen LogP contribution in [0, 0.1) is 11.6 Å². The van der Waals surface area contributed by atoms with Crippen LogP contribution in [0.15, 0.2) is 60.7 Å². The molecule has 20 heavy (non-hydrogen) atoms. The van der Waals surface area contributed by atoms with Crippen molar-refractivity contribution in [1.82, 2.24) is 4.67 Å². The van der Waals surface area contributed by atoms with Crippen molar-refractivity contribution in [1.29, 1.82) is 0 Å². The maximum absolute atomic E-state index is 3.50. The van der Waals surface area contributed by atoms with Gasteiger partial charge < -0.3 is 0 Å². The SMILES string of the molecule is CCN(CC)P(C#Cc1ccccc1)c1ccccc1. The topological polar surface area (TPSA) is 3.24 Å². The maximum atomic E-state index is 3.50. The van der Waals surface area contributed by atoms with Gasteiger partial charge >= 0.3 is 0 Å². The molecule has 102 valence electrons. The van der Waals surface area contributed by atoms with Gasteiger partial charge in [-0.1, -0.05) is 68.3 Å². The molecule has 0 heterocycles. The van der Waals surface area contributed by atoms with E-state index >= 15 is 0 Å². The lowest BCUT2D eigenvalue weighted by atomic mass is 10.2. The molecule has 1 nitrogen and oxygen atoms in total. The zero-order valence-corrected chi connectivity index (χ0v) is 13.0. The Hall–Kier alpha value is -1.61. The average Bonchev–Trinajstić information content (AvgIpc) is 2.53. The predicted molar refractivity (Wildman–Crippen MR) is 89.2 cm³/mol. The summed E-state index contributed by atoms with van der Waals surface area (Å²) >= 11 is 0. The van der Waals surface area contributed by atoms with Gasteiger partial charge in [0.25, 0.3) is 0 Å². The molecule has 0 saturated heterocycles. The lowest BCUT2D eigenvalue weighted by Crippen LogP contribution is -2.21. The van der Waals surface area contributed by atoms with E-state index in [2.05, 4.69) is 72.6 Å². The van der Waals surface area contributed by atoms with Crippen LogP contribution >= 0.6 is 8.07 Å². The van der Waals surface area contributed by atoms with Crippen molar-refractivity contribution in [2.75, 3.05) is 13.1 Å². The Balaban J connectivity index is 2.31. The van der Waals surface area contributed by atoms with Gasteiger partial charge in [-0.3, -0.25) is 4.67 Å².